The zero-order valence-electron chi connectivity index (χ0n) is 16.2. The molecule has 5 aromatic rings. The molecule has 8 heteroatoms. The summed E-state index contributed by atoms with van der Waals surface area (Å²) >= 11 is 1.35. The number of aromatic nitrogens is 3. The zero-order chi connectivity index (χ0) is 21.0. The summed E-state index contributed by atoms with van der Waals surface area (Å²) in [6.45, 7) is 4.01. The third-order valence-electron chi connectivity index (χ3n) is 5.08. The minimum absolute atomic E-state index is 0.0372. The minimum Gasteiger partial charge on any atom is -0.317 e. The maximum Gasteiger partial charge on any atom is 0.275 e. The number of imidazole rings is 1. The van der Waals surface area contributed by atoms with Crippen LogP contribution in [-0.4, -0.2) is 18.9 Å². The third kappa shape index (κ3) is 2.81. The Morgan fingerprint density at radius 3 is 2.63 bits per heavy atom. The van der Waals surface area contributed by atoms with Crippen LogP contribution in [0.5, 0.6) is 0 Å². The highest BCUT2D eigenvalue weighted by molar-refractivity contribution is 7.15. The van der Waals surface area contributed by atoms with E-state index in [1.165, 1.54) is 23.5 Å². The van der Waals surface area contributed by atoms with Crippen LogP contribution in [0.25, 0.3) is 27.8 Å². The van der Waals surface area contributed by atoms with Gasteiger partial charge >= 0.3 is 0 Å². The molecule has 0 saturated heterocycles. The molecule has 0 atom stereocenters. The van der Waals surface area contributed by atoms with Gasteiger partial charge in [-0.25, -0.2) is 9.38 Å². The van der Waals surface area contributed by atoms with Crippen molar-refractivity contribution in [2.45, 2.75) is 13.8 Å². The normalized spacial score (nSPS) is 12.3. The van der Waals surface area contributed by atoms with Gasteiger partial charge in [0.25, 0.3) is 11.2 Å². The van der Waals surface area contributed by atoms with Crippen molar-refractivity contribution in [2.24, 2.45) is 0 Å². The Morgan fingerprint density at radius 1 is 1.13 bits per heavy atom. The molecule has 5 rings (SSSR count). The van der Waals surface area contributed by atoms with Crippen molar-refractivity contribution in [2.75, 3.05) is 0 Å². The number of fused-ring (bicyclic) bond motifs is 3. The van der Waals surface area contributed by atoms with Crippen LogP contribution >= 0.6 is 11.3 Å². The number of benzene rings is 2. The van der Waals surface area contributed by atoms with Gasteiger partial charge in [0, 0.05) is 29.7 Å². The SMILES string of the molecule is Cc1cc(C)c2nc3s/c(=C\c4cccn4-c4ccc([N+](=O)[O-])cc4)c(=O)n3c2c1. The molecule has 0 fully saturated rings. The third-order valence-corrected chi connectivity index (χ3v) is 6.05. The predicted molar refractivity (Wildman–Crippen MR) is 118 cm³/mol. The lowest BCUT2D eigenvalue weighted by Gasteiger charge is -2.05. The van der Waals surface area contributed by atoms with Crippen molar-refractivity contribution < 1.29 is 4.92 Å². The topological polar surface area (TPSA) is 82.4 Å². The van der Waals surface area contributed by atoms with Crippen molar-refractivity contribution in [3.8, 4) is 5.69 Å². The summed E-state index contributed by atoms with van der Waals surface area (Å²) in [7, 11) is 0. The summed E-state index contributed by atoms with van der Waals surface area (Å²) in [6.07, 6.45) is 3.69. The van der Waals surface area contributed by atoms with Crippen molar-refractivity contribution in [1.82, 2.24) is 14.0 Å². The highest BCUT2D eigenvalue weighted by Gasteiger charge is 2.14. The van der Waals surface area contributed by atoms with Crippen molar-refractivity contribution in [1.29, 1.82) is 0 Å². The van der Waals surface area contributed by atoms with Gasteiger partial charge in [0.05, 0.1) is 20.5 Å². The first-order chi connectivity index (χ1) is 14.4. The van der Waals surface area contributed by atoms with Gasteiger partial charge in [0.1, 0.15) is 0 Å². The van der Waals surface area contributed by atoms with Crippen LogP contribution in [0.3, 0.4) is 0 Å². The van der Waals surface area contributed by atoms with E-state index in [0.717, 1.165) is 33.5 Å². The Hall–Kier alpha value is -3.78. The van der Waals surface area contributed by atoms with Gasteiger partial charge in [0.2, 0.25) is 0 Å². The lowest BCUT2D eigenvalue weighted by molar-refractivity contribution is -0.384. The largest absolute Gasteiger partial charge is 0.317 e. The van der Waals surface area contributed by atoms with E-state index in [2.05, 4.69) is 11.1 Å². The molecule has 3 aromatic heterocycles. The van der Waals surface area contributed by atoms with E-state index in [0.29, 0.717) is 9.49 Å². The number of nitrogens with zero attached hydrogens (tertiary/aromatic N) is 4. The maximum absolute atomic E-state index is 13.1. The molecule has 7 nitrogen and oxygen atoms in total. The second kappa shape index (κ2) is 6.64. The molecular weight excluding hydrogens is 400 g/mol. The van der Waals surface area contributed by atoms with Gasteiger partial charge in [-0.1, -0.05) is 17.4 Å². The molecular formula is C22H16N4O3S. The van der Waals surface area contributed by atoms with Crippen LogP contribution < -0.4 is 10.1 Å². The molecule has 0 aliphatic rings. The molecule has 0 unspecified atom stereocenters. The fourth-order valence-electron chi connectivity index (χ4n) is 3.73. The Bertz CT molecular complexity index is 1560. The van der Waals surface area contributed by atoms with Crippen molar-refractivity contribution >= 4 is 39.1 Å². The number of aryl methyl sites for hydroxylation is 2. The summed E-state index contributed by atoms with van der Waals surface area (Å²) in [6, 6.07) is 14.1. The van der Waals surface area contributed by atoms with Crippen molar-refractivity contribution in [3.05, 3.63) is 96.5 Å². The molecule has 3 heterocycles. The lowest BCUT2D eigenvalue weighted by atomic mass is 10.1. The van der Waals surface area contributed by atoms with E-state index in [1.54, 1.807) is 16.5 Å². The molecule has 0 radical (unpaired) electrons. The molecule has 0 N–H and O–H groups in total. The first kappa shape index (κ1) is 18.3. The van der Waals surface area contributed by atoms with Crippen LogP contribution in [0, 0.1) is 24.0 Å². The van der Waals surface area contributed by atoms with E-state index in [4.69, 9.17) is 0 Å². The first-order valence-corrected chi connectivity index (χ1v) is 10.1. The van der Waals surface area contributed by atoms with Crippen LogP contribution in [0.2, 0.25) is 0 Å². The number of nitro benzene ring substituents is 1. The van der Waals surface area contributed by atoms with Crippen LogP contribution in [0.15, 0.2) is 59.5 Å². The maximum atomic E-state index is 13.1. The predicted octanol–water partition coefficient (Wildman–Crippen LogP) is 3.77. The Kier molecular flexibility index (Phi) is 4.04. The Balaban J connectivity index is 1.66. The smallest absolute Gasteiger partial charge is 0.275 e. The van der Waals surface area contributed by atoms with Gasteiger partial charge in [-0.2, -0.15) is 0 Å². The highest BCUT2D eigenvalue weighted by atomic mass is 32.1. The highest BCUT2D eigenvalue weighted by Crippen LogP contribution is 2.22. The second-order valence-electron chi connectivity index (χ2n) is 7.17. The summed E-state index contributed by atoms with van der Waals surface area (Å²) in [5.41, 5.74) is 5.35. The van der Waals surface area contributed by atoms with E-state index < -0.39 is 4.92 Å². The van der Waals surface area contributed by atoms with E-state index in [-0.39, 0.29) is 11.2 Å². The molecule has 0 aliphatic carbocycles. The molecule has 0 aliphatic heterocycles. The van der Waals surface area contributed by atoms with Gasteiger partial charge in [0.15, 0.2) is 4.96 Å². The Morgan fingerprint density at radius 2 is 1.90 bits per heavy atom. The average molecular weight is 416 g/mol. The van der Waals surface area contributed by atoms with E-state index in [1.807, 2.05) is 48.9 Å². The van der Waals surface area contributed by atoms with Crippen LogP contribution in [-0.2, 0) is 0 Å². The summed E-state index contributed by atoms with van der Waals surface area (Å²) in [5, 5.41) is 10.9. The van der Waals surface area contributed by atoms with E-state index >= 15 is 0 Å². The summed E-state index contributed by atoms with van der Waals surface area (Å²) in [5.74, 6) is 0. The molecule has 0 saturated carbocycles. The fraction of sp³-hybridized carbons (Fsp3) is 0.0909. The molecule has 30 heavy (non-hydrogen) atoms. The zero-order valence-corrected chi connectivity index (χ0v) is 17.0. The number of thiazole rings is 1. The molecule has 148 valence electrons. The number of rotatable bonds is 3. The lowest BCUT2D eigenvalue weighted by Crippen LogP contribution is -2.23. The minimum atomic E-state index is -0.425. The average Bonchev–Trinajstić information content (AvgIpc) is 3.39. The summed E-state index contributed by atoms with van der Waals surface area (Å²) in [4.78, 5) is 28.9. The first-order valence-electron chi connectivity index (χ1n) is 9.28. The fourth-order valence-corrected chi connectivity index (χ4v) is 4.69. The van der Waals surface area contributed by atoms with Gasteiger partial charge < -0.3 is 4.57 Å². The number of nitro groups is 1. The van der Waals surface area contributed by atoms with Crippen LogP contribution in [0.4, 0.5) is 5.69 Å². The molecule has 0 amide bonds. The Labute approximate surface area is 174 Å². The van der Waals surface area contributed by atoms with Gasteiger partial charge in [-0.3, -0.25) is 14.9 Å². The standard InChI is InChI=1S/C22H16N4O3S/c1-13-10-14(2)20-18(11-13)25-21(27)19(30-22(25)23-20)12-17-4-3-9-24(17)15-5-7-16(8-6-15)26(28)29/h3-12H,1-2H3/b19-12-. The van der Waals surface area contributed by atoms with Gasteiger partial charge in [-0.15, -0.1) is 0 Å². The van der Waals surface area contributed by atoms with Gasteiger partial charge in [-0.05, 0) is 61.4 Å². The quantitative estimate of drug-likeness (QED) is 0.331. The molecule has 2 aromatic carbocycles. The molecule has 0 spiro atoms. The number of hydrogen-bond acceptors (Lipinski definition) is 5. The van der Waals surface area contributed by atoms with E-state index in [9.17, 15) is 14.9 Å². The number of hydrogen-bond donors (Lipinski definition) is 0. The van der Waals surface area contributed by atoms with Crippen LogP contribution in [0.1, 0.15) is 16.8 Å². The summed E-state index contributed by atoms with van der Waals surface area (Å²) < 4.78 is 4.14. The monoisotopic (exact) mass is 416 g/mol. The number of non-ortho nitro benzene ring substituents is 1. The van der Waals surface area contributed by atoms with Crippen molar-refractivity contribution in [3.63, 3.8) is 0 Å². The second-order valence-corrected chi connectivity index (χ2v) is 8.18. The molecule has 0 bridgehead atoms.